The fraction of sp³-hybridized carbons (Fsp3) is 0.417. The van der Waals surface area contributed by atoms with Crippen molar-refractivity contribution in [1.29, 1.82) is 0 Å². The third-order valence-corrected chi connectivity index (χ3v) is 2.21. The summed E-state index contributed by atoms with van der Waals surface area (Å²) >= 11 is 0. The predicted molar refractivity (Wildman–Crippen MR) is 60.8 cm³/mol. The molecule has 0 saturated heterocycles. The van der Waals surface area contributed by atoms with Crippen molar-refractivity contribution in [3.8, 4) is 0 Å². The van der Waals surface area contributed by atoms with Crippen LogP contribution in [-0.4, -0.2) is 30.3 Å². The number of amides is 1. The van der Waals surface area contributed by atoms with Crippen LogP contribution in [0, 0.1) is 0 Å². The molecule has 4 nitrogen and oxygen atoms in total. The lowest BCUT2D eigenvalue weighted by Crippen LogP contribution is -2.47. The third kappa shape index (κ3) is 3.64. The second kappa shape index (κ2) is 5.63. The van der Waals surface area contributed by atoms with Crippen LogP contribution in [0.25, 0.3) is 0 Å². The normalized spacial score (nSPS) is 14.2. The van der Waals surface area contributed by atoms with Gasteiger partial charge in [0.2, 0.25) is 0 Å². The molecule has 1 aromatic carbocycles. The van der Waals surface area contributed by atoms with Crippen molar-refractivity contribution < 1.29 is 14.6 Å². The van der Waals surface area contributed by atoms with Crippen molar-refractivity contribution in [2.24, 2.45) is 0 Å². The highest BCUT2D eigenvalue weighted by atomic mass is 16.5. The minimum atomic E-state index is -1.48. The summed E-state index contributed by atoms with van der Waals surface area (Å²) in [5.41, 5.74) is -0.493. The zero-order valence-electron chi connectivity index (χ0n) is 9.56. The van der Waals surface area contributed by atoms with E-state index < -0.39 is 11.5 Å². The van der Waals surface area contributed by atoms with Crippen LogP contribution in [0.15, 0.2) is 30.3 Å². The molecular weight excluding hydrogens is 206 g/mol. The molecule has 16 heavy (non-hydrogen) atoms. The predicted octanol–water partition coefficient (Wildman–Crippen LogP) is 0.700. The van der Waals surface area contributed by atoms with E-state index in [2.05, 4.69) is 5.32 Å². The van der Waals surface area contributed by atoms with Gasteiger partial charge in [0.15, 0.2) is 5.60 Å². The maximum absolute atomic E-state index is 11.6. The maximum Gasteiger partial charge on any atom is 0.254 e. The summed E-state index contributed by atoms with van der Waals surface area (Å²) in [6.07, 6.45) is 0. The molecule has 88 valence electrons. The minimum Gasteiger partial charge on any atom is -0.381 e. The molecular formula is C12H17NO3. The molecule has 0 radical (unpaired) electrons. The van der Waals surface area contributed by atoms with E-state index in [9.17, 15) is 9.90 Å². The topological polar surface area (TPSA) is 58.6 Å². The molecule has 1 rings (SSSR count). The van der Waals surface area contributed by atoms with Crippen molar-refractivity contribution in [2.45, 2.75) is 19.1 Å². The first-order valence-corrected chi connectivity index (χ1v) is 5.10. The Kier molecular flexibility index (Phi) is 4.46. The first kappa shape index (κ1) is 12.7. The summed E-state index contributed by atoms with van der Waals surface area (Å²) in [7, 11) is 1.44. The molecule has 0 bridgehead atoms. The molecule has 0 aliphatic rings. The summed E-state index contributed by atoms with van der Waals surface area (Å²) in [5.74, 6) is -0.432. The first-order valence-electron chi connectivity index (χ1n) is 5.10. The summed E-state index contributed by atoms with van der Waals surface area (Å²) in [4.78, 5) is 11.6. The molecule has 1 atom stereocenters. The number of carbonyl (C=O) groups excluding carboxylic acids is 1. The zero-order chi connectivity index (χ0) is 12.0. The van der Waals surface area contributed by atoms with Gasteiger partial charge in [0.25, 0.3) is 5.91 Å². The van der Waals surface area contributed by atoms with Crippen LogP contribution in [-0.2, 0) is 16.1 Å². The summed E-state index contributed by atoms with van der Waals surface area (Å²) in [6, 6.07) is 9.52. The summed E-state index contributed by atoms with van der Waals surface area (Å²) in [5, 5.41) is 12.4. The van der Waals surface area contributed by atoms with Crippen LogP contribution < -0.4 is 5.32 Å². The van der Waals surface area contributed by atoms with E-state index in [-0.39, 0.29) is 6.61 Å². The SMILES string of the molecule is COCC(C)(O)C(=O)NCc1ccccc1. The van der Waals surface area contributed by atoms with Gasteiger partial charge in [-0.1, -0.05) is 30.3 Å². The smallest absolute Gasteiger partial charge is 0.254 e. The van der Waals surface area contributed by atoms with E-state index in [0.717, 1.165) is 5.56 Å². The Morgan fingerprint density at radius 1 is 1.44 bits per heavy atom. The van der Waals surface area contributed by atoms with Crippen molar-refractivity contribution in [3.05, 3.63) is 35.9 Å². The molecule has 0 aromatic heterocycles. The number of carbonyl (C=O) groups is 1. The van der Waals surface area contributed by atoms with Gasteiger partial charge in [-0.05, 0) is 12.5 Å². The molecule has 0 aliphatic heterocycles. The quantitative estimate of drug-likeness (QED) is 0.772. The van der Waals surface area contributed by atoms with Gasteiger partial charge in [-0.3, -0.25) is 4.79 Å². The van der Waals surface area contributed by atoms with Crippen LogP contribution in [0.4, 0.5) is 0 Å². The molecule has 1 unspecified atom stereocenters. The van der Waals surface area contributed by atoms with Gasteiger partial charge in [0.05, 0.1) is 6.61 Å². The number of hydrogen-bond donors (Lipinski definition) is 2. The maximum atomic E-state index is 11.6. The number of hydrogen-bond acceptors (Lipinski definition) is 3. The van der Waals surface area contributed by atoms with Crippen molar-refractivity contribution in [3.63, 3.8) is 0 Å². The van der Waals surface area contributed by atoms with E-state index in [1.165, 1.54) is 14.0 Å². The standard InChI is InChI=1S/C12H17NO3/c1-12(15,9-16-2)11(14)13-8-10-6-4-3-5-7-10/h3-7,15H,8-9H2,1-2H3,(H,13,14). The van der Waals surface area contributed by atoms with Gasteiger partial charge in [-0.25, -0.2) is 0 Å². The van der Waals surface area contributed by atoms with Crippen molar-refractivity contribution >= 4 is 5.91 Å². The number of nitrogens with one attached hydrogen (secondary N) is 1. The van der Waals surface area contributed by atoms with Gasteiger partial charge in [0, 0.05) is 13.7 Å². The van der Waals surface area contributed by atoms with Gasteiger partial charge in [-0.2, -0.15) is 0 Å². The molecule has 0 heterocycles. The minimum absolute atomic E-state index is 0.0202. The Morgan fingerprint density at radius 2 is 2.06 bits per heavy atom. The Balaban J connectivity index is 2.47. The monoisotopic (exact) mass is 223 g/mol. The Labute approximate surface area is 95.2 Å². The lowest BCUT2D eigenvalue weighted by molar-refractivity contribution is -0.143. The number of benzene rings is 1. The van der Waals surface area contributed by atoms with Crippen LogP contribution in [0.2, 0.25) is 0 Å². The van der Waals surface area contributed by atoms with Crippen molar-refractivity contribution in [2.75, 3.05) is 13.7 Å². The van der Waals surface area contributed by atoms with Gasteiger partial charge < -0.3 is 15.2 Å². The van der Waals surface area contributed by atoms with E-state index in [0.29, 0.717) is 6.54 Å². The lowest BCUT2D eigenvalue weighted by atomic mass is 10.1. The third-order valence-electron chi connectivity index (χ3n) is 2.21. The molecule has 0 aliphatic carbocycles. The second-order valence-electron chi connectivity index (χ2n) is 3.88. The largest absolute Gasteiger partial charge is 0.381 e. The van der Waals surface area contributed by atoms with Crippen LogP contribution in [0.3, 0.4) is 0 Å². The van der Waals surface area contributed by atoms with Gasteiger partial charge in [0.1, 0.15) is 0 Å². The molecule has 1 amide bonds. The van der Waals surface area contributed by atoms with E-state index in [1.54, 1.807) is 0 Å². The Hall–Kier alpha value is -1.39. The second-order valence-corrected chi connectivity index (χ2v) is 3.88. The number of aliphatic hydroxyl groups is 1. The molecule has 1 aromatic rings. The molecule has 0 saturated carbocycles. The average Bonchev–Trinajstić information content (AvgIpc) is 2.27. The fourth-order valence-corrected chi connectivity index (χ4v) is 1.32. The van der Waals surface area contributed by atoms with E-state index in [1.807, 2.05) is 30.3 Å². The molecule has 0 fully saturated rings. The molecule has 4 heteroatoms. The highest BCUT2D eigenvalue weighted by Gasteiger charge is 2.29. The fourth-order valence-electron chi connectivity index (χ4n) is 1.32. The van der Waals surface area contributed by atoms with Crippen LogP contribution in [0.1, 0.15) is 12.5 Å². The first-order chi connectivity index (χ1) is 7.56. The number of methoxy groups -OCH3 is 1. The van der Waals surface area contributed by atoms with Crippen molar-refractivity contribution in [1.82, 2.24) is 5.32 Å². The van der Waals surface area contributed by atoms with Gasteiger partial charge in [-0.15, -0.1) is 0 Å². The summed E-state index contributed by atoms with van der Waals surface area (Å²) < 4.78 is 4.77. The van der Waals surface area contributed by atoms with Crippen LogP contribution in [0.5, 0.6) is 0 Å². The van der Waals surface area contributed by atoms with E-state index >= 15 is 0 Å². The molecule has 0 spiro atoms. The number of rotatable bonds is 5. The Morgan fingerprint density at radius 3 is 2.62 bits per heavy atom. The highest BCUT2D eigenvalue weighted by Crippen LogP contribution is 2.04. The zero-order valence-corrected chi connectivity index (χ0v) is 9.56. The summed E-state index contributed by atoms with van der Waals surface area (Å²) in [6.45, 7) is 1.81. The Bertz CT molecular complexity index is 335. The van der Waals surface area contributed by atoms with Crippen LogP contribution >= 0.6 is 0 Å². The van der Waals surface area contributed by atoms with E-state index in [4.69, 9.17) is 4.74 Å². The number of ether oxygens (including phenoxy) is 1. The van der Waals surface area contributed by atoms with Gasteiger partial charge >= 0.3 is 0 Å². The highest BCUT2D eigenvalue weighted by molar-refractivity contribution is 5.84. The lowest BCUT2D eigenvalue weighted by Gasteiger charge is -2.21. The average molecular weight is 223 g/mol. The molecule has 2 N–H and O–H groups in total.